The summed E-state index contributed by atoms with van der Waals surface area (Å²) in [4.78, 5) is 20.5. The van der Waals surface area contributed by atoms with Crippen LogP contribution in [0.15, 0.2) is 72.8 Å². The van der Waals surface area contributed by atoms with E-state index >= 15 is 0 Å². The number of piperidine rings is 1. The number of benzene rings is 3. The number of carbonyl (C=O) groups excluding carboxylic acids is 1. The number of rotatable bonds is 10. The highest BCUT2D eigenvalue weighted by Crippen LogP contribution is 2.37. The van der Waals surface area contributed by atoms with Gasteiger partial charge in [-0.3, -0.25) is 4.79 Å². The van der Waals surface area contributed by atoms with Crippen LogP contribution >= 0.6 is 11.6 Å². The first kappa shape index (κ1) is 28.2. The van der Waals surface area contributed by atoms with Gasteiger partial charge >= 0.3 is 0 Å². The number of aromatic nitrogens is 2. The highest BCUT2D eigenvalue weighted by molar-refractivity contribution is 6.30. The van der Waals surface area contributed by atoms with E-state index in [2.05, 4.69) is 59.0 Å². The van der Waals surface area contributed by atoms with Crippen LogP contribution in [0.3, 0.4) is 0 Å². The zero-order valence-corrected chi connectivity index (χ0v) is 24.5. The number of amides is 1. The highest BCUT2D eigenvalue weighted by Gasteiger charge is 2.42. The van der Waals surface area contributed by atoms with E-state index < -0.39 is 5.41 Å². The molecular formula is C33H39ClN4O2. The van der Waals surface area contributed by atoms with Crippen molar-refractivity contribution in [3.05, 3.63) is 94.8 Å². The van der Waals surface area contributed by atoms with Crippen LogP contribution in [0.1, 0.15) is 49.6 Å². The summed E-state index contributed by atoms with van der Waals surface area (Å²) in [5.41, 5.74) is 4.03. The number of nitrogens with zero attached hydrogens (tertiary/aromatic N) is 3. The van der Waals surface area contributed by atoms with Crippen LogP contribution < -0.4 is 10.1 Å². The maximum atomic E-state index is 13.0. The molecular weight excluding hydrogens is 520 g/mol. The molecule has 2 heterocycles. The molecule has 1 unspecified atom stereocenters. The molecule has 1 aromatic heterocycles. The molecule has 5 rings (SSSR count). The number of para-hydroxylation sites is 1. The highest BCUT2D eigenvalue weighted by atomic mass is 35.5. The first-order chi connectivity index (χ1) is 19.4. The van der Waals surface area contributed by atoms with Gasteiger partial charge in [0.1, 0.15) is 18.2 Å². The SMILES string of the molecule is CNC(=O)C1(c2ccccc2)CCN(C(C)CCCn2c(COc3ccc(Cl)cc3)nc3c(C)cccc32)CC1. The van der Waals surface area contributed by atoms with Gasteiger partial charge < -0.3 is 19.5 Å². The second kappa shape index (κ2) is 12.4. The zero-order valence-electron chi connectivity index (χ0n) is 23.7. The Balaban J connectivity index is 1.23. The molecule has 0 saturated carbocycles. The zero-order chi connectivity index (χ0) is 28.1. The van der Waals surface area contributed by atoms with Gasteiger partial charge in [0.05, 0.1) is 16.4 Å². The number of aryl methyl sites for hydroxylation is 2. The van der Waals surface area contributed by atoms with Gasteiger partial charge in [0.15, 0.2) is 0 Å². The van der Waals surface area contributed by atoms with Crippen LogP contribution in [-0.4, -0.2) is 46.5 Å². The minimum Gasteiger partial charge on any atom is -0.486 e. The molecule has 1 atom stereocenters. The topological polar surface area (TPSA) is 59.4 Å². The van der Waals surface area contributed by atoms with Gasteiger partial charge in [-0.1, -0.05) is 54.1 Å². The minimum atomic E-state index is -0.446. The third kappa shape index (κ3) is 5.89. The lowest BCUT2D eigenvalue weighted by atomic mass is 9.71. The maximum absolute atomic E-state index is 13.0. The fraction of sp³-hybridized carbons (Fsp3) is 0.394. The van der Waals surface area contributed by atoms with Gasteiger partial charge in [-0.2, -0.15) is 0 Å². The largest absolute Gasteiger partial charge is 0.486 e. The summed E-state index contributed by atoms with van der Waals surface area (Å²) >= 11 is 6.03. The van der Waals surface area contributed by atoms with E-state index in [1.165, 1.54) is 5.56 Å². The number of halogens is 1. The summed E-state index contributed by atoms with van der Waals surface area (Å²) < 4.78 is 8.39. The van der Waals surface area contributed by atoms with Crippen molar-refractivity contribution in [3.8, 4) is 5.75 Å². The Kier molecular flexibility index (Phi) is 8.77. The summed E-state index contributed by atoms with van der Waals surface area (Å²) in [6, 6.07) is 24.5. The third-order valence-electron chi connectivity index (χ3n) is 8.51. The summed E-state index contributed by atoms with van der Waals surface area (Å²) in [7, 11) is 1.75. The van der Waals surface area contributed by atoms with E-state index in [0.29, 0.717) is 17.7 Å². The number of carbonyl (C=O) groups is 1. The van der Waals surface area contributed by atoms with Crippen molar-refractivity contribution in [2.24, 2.45) is 0 Å². The molecule has 0 radical (unpaired) electrons. The van der Waals surface area contributed by atoms with E-state index in [1.54, 1.807) is 7.05 Å². The summed E-state index contributed by atoms with van der Waals surface area (Å²) in [5, 5.41) is 3.62. The van der Waals surface area contributed by atoms with E-state index in [1.807, 2.05) is 42.5 Å². The van der Waals surface area contributed by atoms with E-state index in [9.17, 15) is 4.79 Å². The van der Waals surface area contributed by atoms with Crippen LogP contribution in [0.2, 0.25) is 5.02 Å². The second-order valence-electron chi connectivity index (χ2n) is 10.9. The van der Waals surface area contributed by atoms with Crippen molar-refractivity contribution in [2.75, 3.05) is 20.1 Å². The molecule has 1 saturated heterocycles. The Morgan fingerprint density at radius 1 is 1.05 bits per heavy atom. The van der Waals surface area contributed by atoms with Gasteiger partial charge in [0.2, 0.25) is 5.91 Å². The maximum Gasteiger partial charge on any atom is 0.230 e. The lowest BCUT2D eigenvalue weighted by Crippen LogP contribution is -2.52. The lowest BCUT2D eigenvalue weighted by molar-refractivity contribution is -0.128. The van der Waals surface area contributed by atoms with Crippen molar-refractivity contribution in [3.63, 3.8) is 0 Å². The van der Waals surface area contributed by atoms with Crippen LogP contribution in [0.5, 0.6) is 5.75 Å². The molecule has 1 N–H and O–H groups in total. The number of hydrogen-bond acceptors (Lipinski definition) is 4. The van der Waals surface area contributed by atoms with Gasteiger partial charge in [-0.25, -0.2) is 4.98 Å². The number of fused-ring (bicyclic) bond motifs is 1. The molecule has 0 spiro atoms. The van der Waals surface area contributed by atoms with Gasteiger partial charge in [-0.15, -0.1) is 0 Å². The van der Waals surface area contributed by atoms with Gasteiger partial charge in [-0.05, 0) is 94.1 Å². The van der Waals surface area contributed by atoms with Crippen LogP contribution in [0, 0.1) is 6.92 Å². The van der Waals surface area contributed by atoms with Gasteiger partial charge in [0, 0.05) is 24.7 Å². The number of imidazole rings is 1. The van der Waals surface area contributed by atoms with Crippen LogP contribution in [0.4, 0.5) is 0 Å². The Hall–Kier alpha value is -3.35. The molecule has 4 aromatic rings. The summed E-state index contributed by atoms with van der Waals surface area (Å²) in [6.45, 7) is 7.53. The molecule has 6 nitrogen and oxygen atoms in total. The van der Waals surface area contributed by atoms with E-state index in [0.717, 1.165) is 73.5 Å². The minimum absolute atomic E-state index is 0.127. The summed E-state index contributed by atoms with van der Waals surface area (Å²) in [6.07, 6.45) is 3.77. The Bertz CT molecular complexity index is 1430. The molecule has 210 valence electrons. The molecule has 1 aliphatic rings. The molecule has 1 aliphatic heterocycles. The Morgan fingerprint density at radius 2 is 1.77 bits per heavy atom. The molecule has 3 aromatic carbocycles. The van der Waals surface area contributed by atoms with Gasteiger partial charge in [0.25, 0.3) is 0 Å². The molecule has 0 aliphatic carbocycles. The van der Waals surface area contributed by atoms with Crippen molar-refractivity contribution in [1.29, 1.82) is 0 Å². The predicted octanol–water partition coefficient (Wildman–Crippen LogP) is 6.53. The third-order valence-corrected chi connectivity index (χ3v) is 8.76. The molecule has 7 heteroatoms. The fourth-order valence-electron chi connectivity index (χ4n) is 6.09. The standard InChI is InChI=1S/C33H39ClN4O2/c1-24-9-7-13-29-31(24)36-30(23-40-28-16-14-27(34)15-17-28)38(29)20-8-10-25(2)37-21-18-33(19-22-37,32(39)35-3)26-11-5-4-6-12-26/h4-7,9,11-17,25H,8,10,18-23H2,1-3H3,(H,35,39). The molecule has 1 amide bonds. The van der Waals surface area contributed by atoms with E-state index in [4.69, 9.17) is 21.3 Å². The molecule has 40 heavy (non-hydrogen) atoms. The first-order valence-corrected chi connectivity index (χ1v) is 14.6. The smallest absolute Gasteiger partial charge is 0.230 e. The fourth-order valence-corrected chi connectivity index (χ4v) is 6.22. The van der Waals surface area contributed by atoms with Crippen molar-refractivity contribution in [2.45, 2.75) is 64.1 Å². The average Bonchev–Trinajstić information content (AvgIpc) is 3.35. The quantitative estimate of drug-likeness (QED) is 0.240. The second-order valence-corrected chi connectivity index (χ2v) is 11.4. The lowest BCUT2D eigenvalue weighted by Gasteiger charge is -2.43. The first-order valence-electron chi connectivity index (χ1n) is 14.3. The number of likely N-dealkylation sites (N-methyl/N-ethyl adjacent to an activating group) is 1. The molecule has 1 fully saturated rings. The van der Waals surface area contributed by atoms with Crippen molar-refractivity contribution < 1.29 is 9.53 Å². The Morgan fingerprint density at radius 3 is 2.48 bits per heavy atom. The Labute approximate surface area is 242 Å². The predicted molar refractivity (Wildman–Crippen MR) is 162 cm³/mol. The van der Waals surface area contributed by atoms with Crippen molar-refractivity contribution in [1.82, 2.24) is 19.8 Å². The summed E-state index contributed by atoms with van der Waals surface area (Å²) in [5.74, 6) is 1.84. The molecule has 0 bridgehead atoms. The van der Waals surface area contributed by atoms with Crippen molar-refractivity contribution >= 4 is 28.5 Å². The monoisotopic (exact) mass is 558 g/mol. The number of hydrogen-bond donors (Lipinski definition) is 1. The number of nitrogens with one attached hydrogen (secondary N) is 1. The average molecular weight is 559 g/mol. The van der Waals surface area contributed by atoms with Crippen LogP contribution in [0.25, 0.3) is 11.0 Å². The van der Waals surface area contributed by atoms with Crippen LogP contribution in [-0.2, 0) is 23.4 Å². The normalized spacial score (nSPS) is 16.1. The number of likely N-dealkylation sites (tertiary alicyclic amines) is 1. The number of ether oxygens (including phenoxy) is 1. The van der Waals surface area contributed by atoms with E-state index in [-0.39, 0.29) is 5.91 Å².